The lowest BCUT2D eigenvalue weighted by molar-refractivity contribution is -0.141. The quantitative estimate of drug-likeness (QED) is 0.453. The van der Waals surface area contributed by atoms with Crippen molar-refractivity contribution in [2.75, 3.05) is 21.2 Å². The van der Waals surface area contributed by atoms with Gasteiger partial charge in [-0.25, -0.2) is 12.7 Å². The van der Waals surface area contributed by atoms with Gasteiger partial charge in [-0.2, -0.15) is 4.99 Å². The molecule has 1 aromatic heterocycles. The van der Waals surface area contributed by atoms with E-state index < -0.39 is 21.9 Å². The molecule has 0 atom stereocenters. The molecule has 33 heavy (non-hydrogen) atoms. The molecule has 0 N–H and O–H groups in total. The van der Waals surface area contributed by atoms with E-state index in [2.05, 4.69) is 18.0 Å². The van der Waals surface area contributed by atoms with Gasteiger partial charge in [0.25, 0.3) is 5.91 Å². The fourth-order valence-corrected chi connectivity index (χ4v) is 5.21. The highest BCUT2D eigenvalue weighted by Crippen LogP contribution is 2.21. The van der Waals surface area contributed by atoms with E-state index in [4.69, 9.17) is 4.74 Å². The molecule has 0 fully saturated rings. The van der Waals surface area contributed by atoms with Crippen molar-refractivity contribution in [1.29, 1.82) is 0 Å². The fourth-order valence-electron chi connectivity index (χ4n) is 3.22. The summed E-state index contributed by atoms with van der Waals surface area (Å²) in [5.74, 6) is -0.975. The number of carbonyl (C=O) groups is 2. The number of fused-ring (bicyclic) bond motifs is 1. The predicted octanol–water partition coefficient (Wildman–Crippen LogP) is 3.21. The third-order valence-electron chi connectivity index (χ3n) is 5.16. The Morgan fingerprint density at radius 1 is 1.12 bits per heavy atom. The second-order valence-electron chi connectivity index (χ2n) is 7.68. The molecule has 3 aromatic rings. The van der Waals surface area contributed by atoms with Gasteiger partial charge in [0.1, 0.15) is 6.54 Å². The molecule has 3 rings (SSSR count). The first-order valence-electron chi connectivity index (χ1n) is 10.5. The number of amides is 1. The predicted molar refractivity (Wildman–Crippen MR) is 128 cm³/mol. The monoisotopic (exact) mass is 489 g/mol. The van der Waals surface area contributed by atoms with Gasteiger partial charge < -0.3 is 9.30 Å². The van der Waals surface area contributed by atoms with E-state index in [0.717, 1.165) is 33.8 Å². The van der Waals surface area contributed by atoms with Gasteiger partial charge in [0.15, 0.2) is 4.80 Å². The summed E-state index contributed by atoms with van der Waals surface area (Å²) in [6, 6.07) is 11.6. The van der Waals surface area contributed by atoms with E-state index in [-0.39, 0.29) is 17.0 Å². The lowest BCUT2D eigenvalue weighted by Crippen LogP contribution is -2.23. The molecule has 2 aromatic carbocycles. The average molecular weight is 490 g/mol. The minimum atomic E-state index is -3.59. The van der Waals surface area contributed by atoms with Crippen LogP contribution in [0.2, 0.25) is 0 Å². The van der Waals surface area contributed by atoms with E-state index in [1.165, 1.54) is 62.4 Å². The highest BCUT2D eigenvalue weighted by Gasteiger charge is 2.18. The third kappa shape index (κ3) is 5.58. The first-order chi connectivity index (χ1) is 15.7. The molecule has 0 spiro atoms. The van der Waals surface area contributed by atoms with Crippen molar-refractivity contribution < 1.29 is 22.7 Å². The number of carbonyl (C=O) groups excluding carboxylic acids is 2. The van der Waals surface area contributed by atoms with Gasteiger partial charge in [0.05, 0.1) is 22.2 Å². The molecule has 0 aliphatic carbocycles. The van der Waals surface area contributed by atoms with Crippen LogP contribution in [-0.2, 0) is 32.5 Å². The van der Waals surface area contributed by atoms with Crippen LogP contribution in [0.4, 0.5) is 0 Å². The van der Waals surface area contributed by atoms with Crippen LogP contribution in [-0.4, -0.2) is 50.4 Å². The number of aryl methyl sites for hydroxylation is 1. The number of aromatic nitrogens is 1. The van der Waals surface area contributed by atoms with Crippen LogP contribution >= 0.6 is 11.3 Å². The van der Waals surface area contributed by atoms with Crippen molar-refractivity contribution in [3.8, 4) is 0 Å². The molecule has 1 heterocycles. The Morgan fingerprint density at radius 2 is 1.82 bits per heavy atom. The lowest BCUT2D eigenvalue weighted by Gasteiger charge is -2.11. The van der Waals surface area contributed by atoms with E-state index >= 15 is 0 Å². The number of benzene rings is 2. The van der Waals surface area contributed by atoms with Crippen LogP contribution in [0.15, 0.2) is 52.4 Å². The van der Waals surface area contributed by atoms with Crippen LogP contribution in [0.5, 0.6) is 0 Å². The Labute approximate surface area is 197 Å². The number of methoxy groups -OCH3 is 1. The van der Waals surface area contributed by atoms with Crippen molar-refractivity contribution >= 4 is 43.5 Å². The molecule has 0 bridgehead atoms. The van der Waals surface area contributed by atoms with Gasteiger partial charge >= 0.3 is 5.97 Å². The molecule has 10 heteroatoms. The van der Waals surface area contributed by atoms with E-state index in [1.54, 1.807) is 4.57 Å². The van der Waals surface area contributed by atoms with Gasteiger partial charge in [0.2, 0.25) is 10.0 Å². The molecule has 0 saturated heterocycles. The Bertz CT molecular complexity index is 1340. The summed E-state index contributed by atoms with van der Waals surface area (Å²) in [5.41, 5.74) is 2.23. The van der Waals surface area contributed by atoms with Gasteiger partial charge in [-0.1, -0.05) is 30.7 Å². The summed E-state index contributed by atoms with van der Waals surface area (Å²) in [6.07, 6.45) is 3.12. The number of hydrogen-bond acceptors (Lipinski definition) is 6. The summed E-state index contributed by atoms with van der Waals surface area (Å²) in [4.78, 5) is 29.6. The van der Waals surface area contributed by atoms with E-state index in [9.17, 15) is 18.0 Å². The summed E-state index contributed by atoms with van der Waals surface area (Å²) in [7, 11) is 0.606. The van der Waals surface area contributed by atoms with Crippen LogP contribution in [0.3, 0.4) is 0 Å². The van der Waals surface area contributed by atoms with Crippen molar-refractivity contribution in [3.63, 3.8) is 0 Å². The van der Waals surface area contributed by atoms with Crippen LogP contribution in [0.25, 0.3) is 10.2 Å². The first-order valence-corrected chi connectivity index (χ1v) is 12.7. The second kappa shape index (κ2) is 10.4. The number of hydrogen-bond donors (Lipinski definition) is 0. The molecule has 0 aliphatic rings. The van der Waals surface area contributed by atoms with Gasteiger partial charge in [-0.15, -0.1) is 0 Å². The fraction of sp³-hybridized carbons (Fsp3) is 0.348. The van der Waals surface area contributed by atoms with E-state index in [0.29, 0.717) is 4.80 Å². The largest absolute Gasteiger partial charge is 0.468 e. The average Bonchev–Trinajstić information content (AvgIpc) is 3.13. The van der Waals surface area contributed by atoms with Gasteiger partial charge in [-0.05, 0) is 54.8 Å². The van der Waals surface area contributed by atoms with Crippen LogP contribution in [0.1, 0.15) is 35.7 Å². The SMILES string of the molecule is CCCCc1ccc2c(c1)sc(=NC(=O)c1ccc(S(=O)(=O)N(C)C)cc1)n2CC(=O)OC. The summed E-state index contributed by atoms with van der Waals surface area (Å²) >= 11 is 1.32. The maximum absolute atomic E-state index is 12.9. The third-order valence-corrected chi connectivity index (χ3v) is 8.03. The van der Waals surface area contributed by atoms with Crippen molar-refractivity contribution in [1.82, 2.24) is 8.87 Å². The second-order valence-corrected chi connectivity index (χ2v) is 10.8. The Hall–Kier alpha value is -2.82. The maximum atomic E-state index is 12.9. The molecule has 0 unspecified atom stereocenters. The van der Waals surface area contributed by atoms with Gasteiger partial charge in [0, 0.05) is 19.7 Å². The number of rotatable bonds is 8. The van der Waals surface area contributed by atoms with Gasteiger partial charge in [-0.3, -0.25) is 9.59 Å². The molecular weight excluding hydrogens is 462 g/mol. The zero-order valence-electron chi connectivity index (χ0n) is 19.1. The summed E-state index contributed by atoms with van der Waals surface area (Å²) < 4.78 is 33.0. The first kappa shape index (κ1) is 24.8. The molecule has 1 amide bonds. The zero-order valence-corrected chi connectivity index (χ0v) is 20.7. The van der Waals surface area contributed by atoms with E-state index in [1.807, 2.05) is 12.1 Å². The minimum Gasteiger partial charge on any atom is -0.468 e. The smallest absolute Gasteiger partial charge is 0.325 e. The highest BCUT2D eigenvalue weighted by atomic mass is 32.2. The molecule has 0 aliphatic heterocycles. The zero-order chi connectivity index (χ0) is 24.2. The minimum absolute atomic E-state index is 0.0725. The summed E-state index contributed by atoms with van der Waals surface area (Å²) in [6.45, 7) is 2.07. The van der Waals surface area contributed by atoms with Crippen LogP contribution < -0.4 is 4.80 Å². The molecular formula is C23H27N3O5S2. The standard InChI is InChI=1S/C23H27N3O5S2/c1-5-6-7-16-8-13-19-20(14-16)32-23(26(19)15-21(27)31-4)24-22(28)17-9-11-18(12-10-17)33(29,30)25(2)3/h8-14H,5-7,15H2,1-4H3. The topological polar surface area (TPSA) is 98.0 Å². The van der Waals surface area contributed by atoms with Crippen LogP contribution in [0, 0.1) is 0 Å². The number of ether oxygens (including phenoxy) is 1. The Balaban J connectivity index is 2.03. The number of nitrogens with zero attached hydrogens (tertiary/aromatic N) is 3. The molecule has 8 nitrogen and oxygen atoms in total. The highest BCUT2D eigenvalue weighted by molar-refractivity contribution is 7.89. The summed E-state index contributed by atoms with van der Waals surface area (Å²) in [5, 5.41) is 0. The number of sulfonamides is 1. The van der Waals surface area contributed by atoms with Crippen molar-refractivity contribution in [2.24, 2.45) is 4.99 Å². The normalized spacial score (nSPS) is 12.5. The number of unbranched alkanes of at least 4 members (excludes halogenated alkanes) is 1. The lowest BCUT2D eigenvalue weighted by atomic mass is 10.1. The molecule has 176 valence electrons. The number of thiazole rings is 1. The van der Waals surface area contributed by atoms with Crippen molar-refractivity contribution in [2.45, 2.75) is 37.6 Å². The number of esters is 1. The molecule has 0 saturated carbocycles. The maximum Gasteiger partial charge on any atom is 0.325 e. The molecule has 0 radical (unpaired) electrons. The van der Waals surface area contributed by atoms with Crippen molar-refractivity contribution in [3.05, 3.63) is 58.4 Å². The Kier molecular flexibility index (Phi) is 7.83. The Morgan fingerprint density at radius 3 is 2.42 bits per heavy atom.